The highest BCUT2D eigenvalue weighted by atomic mass is 16.5. The number of amides is 2. The summed E-state index contributed by atoms with van der Waals surface area (Å²) in [6.45, 7) is 4.60. The molecule has 4 unspecified atom stereocenters. The van der Waals surface area contributed by atoms with Gasteiger partial charge in [0.15, 0.2) is 0 Å². The Morgan fingerprint density at radius 1 is 1.40 bits per heavy atom. The van der Waals surface area contributed by atoms with Gasteiger partial charge >= 0.3 is 0 Å². The summed E-state index contributed by atoms with van der Waals surface area (Å²) in [5.74, 6) is -0.189. The molecule has 116 valence electrons. The highest BCUT2D eigenvalue weighted by Crippen LogP contribution is 2.29. The average molecular weight is 285 g/mol. The van der Waals surface area contributed by atoms with E-state index in [4.69, 9.17) is 10.5 Å². The smallest absolute Gasteiger partial charge is 0.242 e. The van der Waals surface area contributed by atoms with Crippen LogP contribution in [0.2, 0.25) is 0 Å². The Kier molecular flexibility index (Phi) is 6.95. The zero-order valence-corrected chi connectivity index (χ0v) is 12.6. The van der Waals surface area contributed by atoms with Crippen LogP contribution in [0.1, 0.15) is 33.1 Å². The van der Waals surface area contributed by atoms with Crippen LogP contribution in [-0.4, -0.2) is 44.2 Å². The van der Waals surface area contributed by atoms with Gasteiger partial charge in [0.2, 0.25) is 11.8 Å². The molecule has 0 aromatic carbocycles. The Morgan fingerprint density at radius 2 is 2.10 bits per heavy atom. The Balaban J connectivity index is 2.42. The molecule has 2 amide bonds. The monoisotopic (exact) mass is 285 g/mol. The lowest BCUT2D eigenvalue weighted by atomic mass is 9.77. The molecule has 1 fully saturated rings. The van der Waals surface area contributed by atoms with E-state index < -0.39 is 6.04 Å². The van der Waals surface area contributed by atoms with Gasteiger partial charge in [-0.15, -0.1) is 0 Å². The molecular weight excluding hydrogens is 258 g/mol. The first kappa shape index (κ1) is 16.9. The van der Waals surface area contributed by atoms with E-state index in [1.807, 2.05) is 6.92 Å². The van der Waals surface area contributed by atoms with Crippen LogP contribution >= 0.6 is 0 Å². The largest absolute Gasteiger partial charge is 0.383 e. The second-order valence-corrected chi connectivity index (χ2v) is 5.57. The van der Waals surface area contributed by atoms with Gasteiger partial charge in [0.25, 0.3) is 0 Å². The number of hydrogen-bond donors (Lipinski definition) is 3. The second-order valence-electron chi connectivity index (χ2n) is 5.57. The molecule has 1 aliphatic carbocycles. The SMILES string of the molecule is COCCNC(=O)C(C)NC(=O)C1CCCC(N)C1C. The maximum Gasteiger partial charge on any atom is 0.242 e. The lowest BCUT2D eigenvalue weighted by molar-refractivity contribution is -0.132. The summed E-state index contributed by atoms with van der Waals surface area (Å²) in [4.78, 5) is 24.0. The van der Waals surface area contributed by atoms with Gasteiger partial charge in [-0.25, -0.2) is 0 Å². The third kappa shape index (κ3) is 4.76. The number of rotatable bonds is 6. The van der Waals surface area contributed by atoms with E-state index in [2.05, 4.69) is 10.6 Å². The molecule has 0 aromatic rings. The number of ether oxygens (including phenoxy) is 1. The van der Waals surface area contributed by atoms with Crippen molar-refractivity contribution >= 4 is 11.8 Å². The lowest BCUT2D eigenvalue weighted by Crippen LogP contribution is -2.50. The topological polar surface area (TPSA) is 93.5 Å². The number of methoxy groups -OCH3 is 1. The minimum atomic E-state index is -0.537. The molecule has 6 heteroatoms. The van der Waals surface area contributed by atoms with Crippen molar-refractivity contribution in [2.24, 2.45) is 17.6 Å². The Labute approximate surface area is 120 Å². The van der Waals surface area contributed by atoms with Crippen LogP contribution in [0.15, 0.2) is 0 Å². The fraction of sp³-hybridized carbons (Fsp3) is 0.857. The fourth-order valence-electron chi connectivity index (χ4n) is 2.58. The molecule has 0 bridgehead atoms. The fourth-order valence-corrected chi connectivity index (χ4v) is 2.58. The molecular formula is C14H27N3O3. The molecule has 20 heavy (non-hydrogen) atoms. The number of carbonyl (C=O) groups is 2. The molecule has 0 radical (unpaired) electrons. The van der Waals surface area contributed by atoms with Crippen LogP contribution in [-0.2, 0) is 14.3 Å². The van der Waals surface area contributed by atoms with Gasteiger partial charge in [0.1, 0.15) is 6.04 Å². The minimum absolute atomic E-state index is 0.0676. The highest BCUT2D eigenvalue weighted by Gasteiger charge is 2.33. The molecule has 0 heterocycles. The summed E-state index contributed by atoms with van der Waals surface area (Å²) in [5.41, 5.74) is 6.00. The first-order valence-corrected chi connectivity index (χ1v) is 7.30. The van der Waals surface area contributed by atoms with Crippen molar-refractivity contribution in [2.45, 2.75) is 45.2 Å². The van der Waals surface area contributed by atoms with E-state index in [-0.39, 0.29) is 29.7 Å². The Bertz CT molecular complexity index is 336. The van der Waals surface area contributed by atoms with Gasteiger partial charge in [0, 0.05) is 25.6 Å². The summed E-state index contributed by atoms with van der Waals surface area (Å²) in [6.07, 6.45) is 2.79. The maximum atomic E-state index is 12.2. The van der Waals surface area contributed by atoms with Gasteiger partial charge in [-0.3, -0.25) is 9.59 Å². The minimum Gasteiger partial charge on any atom is -0.383 e. The normalized spacial score (nSPS) is 27.7. The third-order valence-electron chi connectivity index (χ3n) is 4.06. The Hall–Kier alpha value is -1.14. The van der Waals surface area contributed by atoms with Crippen molar-refractivity contribution in [2.75, 3.05) is 20.3 Å². The van der Waals surface area contributed by atoms with Crippen LogP contribution in [0.5, 0.6) is 0 Å². The van der Waals surface area contributed by atoms with Gasteiger partial charge in [-0.1, -0.05) is 13.3 Å². The van der Waals surface area contributed by atoms with Crippen LogP contribution in [0.25, 0.3) is 0 Å². The highest BCUT2D eigenvalue weighted by molar-refractivity contribution is 5.88. The molecule has 0 saturated heterocycles. The van der Waals surface area contributed by atoms with Crippen LogP contribution in [0, 0.1) is 11.8 Å². The molecule has 0 spiro atoms. The lowest BCUT2D eigenvalue weighted by Gasteiger charge is -2.33. The van der Waals surface area contributed by atoms with Gasteiger partial charge in [-0.2, -0.15) is 0 Å². The van der Waals surface area contributed by atoms with Crippen LogP contribution in [0.4, 0.5) is 0 Å². The summed E-state index contributed by atoms with van der Waals surface area (Å²) in [7, 11) is 1.57. The molecule has 1 rings (SSSR count). The van der Waals surface area contributed by atoms with E-state index in [0.29, 0.717) is 13.2 Å². The average Bonchev–Trinajstić information content (AvgIpc) is 2.41. The second kappa shape index (κ2) is 8.21. The first-order chi connectivity index (χ1) is 9.47. The van der Waals surface area contributed by atoms with Crippen molar-refractivity contribution in [1.82, 2.24) is 10.6 Å². The number of carbonyl (C=O) groups excluding carboxylic acids is 2. The van der Waals surface area contributed by atoms with Crippen molar-refractivity contribution in [1.29, 1.82) is 0 Å². The van der Waals surface area contributed by atoms with E-state index >= 15 is 0 Å². The van der Waals surface area contributed by atoms with Crippen molar-refractivity contribution in [3.8, 4) is 0 Å². The summed E-state index contributed by atoms with van der Waals surface area (Å²) in [5, 5.41) is 5.49. The first-order valence-electron chi connectivity index (χ1n) is 7.30. The molecule has 0 aliphatic heterocycles. The molecule has 1 saturated carbocycles. The summed E-state index contributed by atoms with van der Waals surface area (Å²) >= 11 is 0. The molecule has 4 N–H and O–H groups in total. The molecule has 6 nitrogen and oxygen atoms in total. The summed E-state index contributed by atoms with van der Waals surface area (Å²) < 4.78 is 4.86. The van der Waals surface area contributed by atoms with E-state index in [9.17, 15) is 9.59 Å². The molecule has 0 aromatic heterocycles. The van der Waals surface area contributed by atoms with Crippen LogP contribution in [0.3, 0.4) is 0 Å². The molecule has 1 aliphatic rings. The number of nitrogens with one attached hydrogen (secondary N) is 2. The zero-order valence-electron chi connectivity index (χ0n) is 12.6. The van der Waals surface area contributed by atoms with Crippen molar-refractivity contribution in [3.63, 3.8) is 0 Å². The molecule has 4 atom stereocenters. The zero-order chi connectivity index (χ0) is 15.1. The van der Waals surface area contributed by atoms with Gasteiger partial charge < -0.3 is 21.1 Å². The number of hydrogen-bond acceptors (Lipinski definition) is 4. The number of nitrogens with two attached hydrogens (primary N) is 1. The predicted octanol–water partition coefficient (Wildman–Crippen LogP) is 0.0172. The van der Waals surface area contributed by atoms with Crippen LogP contribution < -0.4 is 16.4 Å². The Morgan fingerprint density at radius 3 is 2.75 bits per heavy atom. The standard InChI is InChI=1S/C14H27N3O3/c1-9-11(5-4-6-12(9)15)14(19)17-10(2)13(18)16-7-8-20-3/h9-12H,4-8,15H2,1-3H3,(H,16,18)(H,17,19). The van der Waals surface area contributed by atoms with Gasteiger partial charge in [-0.05, 0) is 25.7 Å². The van der Waals surface area contributed by atoms with Crippen molar-refractivity contribution in [3.05, 3.63) is 0 Å². The maximum absolute atomic E-state index is 12.2. The van der Waals surface area contributed by atoms with E-state index in [1.54, 1.807) is 14.0 Å². The van der Waals surface area contributed by atoms with E-state index in [1.165, 1.54) is 0 Å². The van der Waals surface area contributed by atoms with Gasteiger partial charge in [0.05, 0.1) is 6.61 Å². The van der Waals surface area contributed by atoms with E-state index in [0.717, 1.165) is 19.3 Å². The van der Waals surface area contributed by atoms with Crippen molar-refractivity contribution < 1.29 is 14.3 Å². The predicted molar refractivity (Wildman–Crippen MR) is 77.0 cm³/mol. The summed E-state index contributed by atoms with van der Waals surface area (Å²) in [6, 6.07) is -0.463. The third-order valence-corrected chi connectivity index (χ3v) is 4.06. The quantitative estimate of drug-likeness (QED) is 0.600.